The van der Waals surface area contributed by atoms with Gasteiger partial charge in [0, 0.05) is 12.5 Å². The van der Waals surface area contributed by atoms with Crippen molar-refractivity contribution >= 4 is 23.2 Å². The summed E-state index contributed by atoms with van der Waals surface area (Å²) >= 11 is 6.10. The lowest BCUT2D eigenvalue weighted by Gasteiger charge is -2.48. The van der Waals surface area contributed by atoms with Gasteiger partial charge in [-0.15, -0.1) is 0 Å². The average molecular weight is 612 g/mol. The summed E-state index contributed by atoms with van der Waals surface area (Å²) < 4.78 is 34.6. The first-order valence-corrected chi connectivity index (χ1v) is 13.8. The van der Waals surface area contributed by atoms with Gasteiger partial charge < -0.3 is 59.3 Å². The Morgan fingerprint density at radius 1 is 0.976 bits per heavy atom. The number of aliphatic hydroxyl groups is 5. The maximum atomic E-state index is 11.4. The zero-order valence-electron chi connectivity index (χ0n) is 22.6. The number of nitrogens with one attached hydrogen (secondary N) is 1. The molecule has 0 spiro atoms. The van der Waals surface area contributed by atoms with Crippen LogP contribution in [0.4, 0.5) is 5.69 Å². The van der Waals surface area contributed by atoms with E-state index >= 15 is 0 Å². The molecule has 0 aliphatic carbocycles. The second-order valence-electron chi connectivity index (χ2n) is 10.3. The standard InChI is InChI=1S/C28H34ClNO12/c1-13(32)30-17-9-14(7-8-16(17)29)11-37-27-22(35)20(33)24(18(10-31)39-27)42-28-23(36)21(34)25-19(40-28)12-38-26(41-25)15-5-3-2-4-6-15/h2-9,18-28,31,33-36H,10-12H2,1H3,(H,30,32)/t18-,19-,20-,21-,22-,23-,24-,25-,26?,27-,28-/m1/s1. The number of anilines is 1. The van der Waals surface area contributed by atoms with E-state index in [0.29, 0.717) is 16.3 Å². The Balaban J connectivity index is 1.20. The molecule has 3 fully saturated rings. The summed E-state index contributed by atoms with van der Waals surface area (Å²) in [5.74, 6) is -0.309. The lowest BCUT2D eigenvalue weighted by Crippen LogP contribution is -2.65. The number of hydrogen-bond donors (Lipinski definition) is 6. The molecule has 3 aliphatic rings. The van der Waals surface area contributed by atoms with Crippen LogP contribution in [0.3, 0.4) is 0 Å². The lowest BCUT2D eigenvalue weighted by molar-refractivity contribution is -0.386. The zero-order chi connectivity index (χ0) is 30.0. The van der Waals surface area contributed by atoms with Gasteiger partial charge in [-0.1, -0.05) is 48.0 Å². The third-order valence-electron chi connectivity index (χ3n) is 7.27. The Morgan fingerprint density at radius 2 is 1.71 bits per heavy atom. The van der Waals surface area contributed by atoms with Crippen LogP contribution in [-0.4, -0.2) is 106 Å². The van der Waals surface area contributed by atoms with Crippen LogP contribution in [0.15, 0.2) is 48.5 Å². The molecular formula is C28H34ClNO12. The van der Waals surface area contributed by atoms with E-state index in [4.69, 9.17) is 40.0 Å². The second kappa shape index (κ2) is 13.6. The smallest absolute Gasteiger partial charge is 0.221 e. The summed E-state index contributed by atoms with van der Waals surface area (Å²) in [7, 11) is 0. The Kier molecular flexibility index (Phi) is 10.1. The Labute approximate surface area is 246 Å². The predicted octanol–water partition coefficient (Wildman–Crippen LogP) is 0.200. The molecule has 230 valence electrons. The molecular weight excluding hydrogens is 578 g/mol. The number of rotatable bonds is 8. The molecule has 0 bridgehead atoms. The minimum Gasteiger partial charge on any atom is -0.394 e. The normalized spacial score (nSPS) is 36.7. The van der Waals surface area contributed by atoms with Crippen molar-refractivity contribution in [2.75, 3.05) is 18.5 Å². The summed E-state index contributed by atoms with van der Waals surface area (Å²) in [5.41, 5.74) is 1.69. The van der Waals surface area contributed by atoms with Gasteiger partial charge in [-0.2, -0.15) is 0 Å². The first-order valence-electron chi connectivity index (χ1n) is 13.5. The zero-order valence-corrected chi connectivity index (χ0v) is 23.3. The van der Waals surface area contributed by atoms with Crippen molar-refractivity contribution in [2.24, 2.45) is 0 Å². The maximum absolute atomic E-state index is 11.4. The minimum atomic E-state index is -1.63. The van der Waals surface area contributed by atoms with Gasteiger partial charge in [-0.3, -0.25) is 4.79 Å². The van der Waals surface area contributed by atoms with E-state index in [2.05, 4.69) is 5.32 Å². The summed E-state index contributed by atoms with van der Waals surface area (Å²) in [6.45, 7) is 0.638. The molecule has 0 radical (unpaired) electrons. The highest BCUT2D eigenvalue weighted by Crippen LogP contribution is 2.36. The third-order valence-corrected chi connectivity index (χ3v) is 7.60. The molecule has 14 heteroatoms. The molecule has 3 saturated heterocycles. The summed E-state index contributed by atoms with van der Waals surface area (Å²) in [6.07, 6.45) is -14.2. The second-order valence-corrected chi connectivity index (χ2v) is 10.7. The van der Waals surface area contributed by atoms with Gasteiger partial charge in [0.05, 0.1) is 30.5 Å². The number of fused-ring (bicyclic) bond motifs is 1. The van der Waals surface area contributed by atoms with Gasteiger partial charge in [0.1, 0.15) is 48.8 Å². The number of halogens is 1. The maximum Gasteiger partial charge on any atom is 0.221 e. The number of amides is 1. The first-order chi connectivity index (χ1) is 20.2. The van der Waals surface area contributed by atoms with E-state index in [-0.39, 0.29) is 19.1 Å². The van der Waals surface area contributed by atoms with E-state index in [1.807, 2.05) is 30.3 Å². The molecule has 3 aliphatic heterocycles. The van der Waals surface area contributed by atoms with Crippen LogP contribution in [-0.2, 0) is 39.8 Å². The molecule has 2 aromatic carbocycles. The monoisotopic (exact) mass is 611 g/mol. The fourth-order valence-corrected chi connectivity index (χ4v) is 5.27. The van der Waals surface area contributed by atoms with Crippen molar-refractivity contribution in [2.45, 2.75) is 81.2 Å². The molecule has 11 atom stereocenters. The summed E-state index contributed by atoms with van der Waals surface area (Å²) in [6, 6.07) is 13.9. The van der Waals surface area contributed by atoms with Crippen LogP contribution in [0, 0.1) is 0 Å². The van der Waals surface area contributed by atoms with Crippen LogP contribution in [0.25, 0.3) is 0 Å². The van der Waals surface area contributed by atoms with Gasteiger partial charge in [0.2, 0.25) is 5.91 Å². The predicted molar refractivity (Wildman–Crippen MR) is 144 cm³/mol. The molecule has 6 N–H and O–H groups in total. The fourth-order valence-electron chi connectivity index (χ4n) is 5.11. The number of hydrogen-bond acceptors (Lipinski definition) is 12. The van der Waals surface area contributed by atoms with Crippen molar-refractivity contribution in [1.29, 1.82) is 0 Å². The molecule has 2 aromatic rings. The van der Waals surface area contributed by atoms with E-state index in [0.717, 1.165) is 5.56 Å². The van der Waals surface area contributed by atoms with Crippen LogP contribution < -0.4 is 5.32 Å². The van der Waals surface area contributed by atoms with Gasteiger partial charge in [-0.05, 0) is 17.7 Å². The summed E-state index contributed by atoms with van der Waals surface area (Å²) in [4.78, 5) is 11.4. The molecule has 3 heterocycles. The molecule has 1 amide bonds. The highest BCUT2D eigenvalue weighted by atomic mass is 35.5. The minimum absolute atomic E-state index is 0.0217. The van der Waals surface area contributed by atoms with Crippen molar-refractivity contribution in [3.05, 3.63) is 64.7 Å². The number of aliphatic hydroxyl groups excluding tert-OH is 5. The fraction of sp³-hybridized carbons (Fsp3) is 0.536. The van der Waals surface area contributed by atoms with Crippen molar-refractivity contribution in [1.82, 2.24) is 0 Å². The van der Waals surface area contributed by atoms with E-state index in [9.17, 15) is 30.3 Å². The Hall–Kier alpha value is -2.24. The quantitative estimate of drug-likeness (QED) is 0.239. The molecule has 13 nitrogen and oxygen atoms in total. The van der Waals surface area contributed by atoms with Crippen LogP contribution >= 0.6 is 11.6 Å². The largest absolute Gasteiger partial charge is 0.394 e. The highest BCUT2D eigenvalue weighted by molar-refractivity contribution is 6.33. The van der Waals surface area contributed by atoms with Crippen molar-refractivity contribution in [3.8, 4) is 0 Å². The summed E-state index contributed by atoms with van der Waals surface area (Å²) in [5, 5.41) is 56.2. The van der Waals surface area contributed by atoms with E-state index in [1.165, 1.54) is 6.92 Å². The number of carbonyl (C=O) groups excluding carboxylic acids is 1. The Morgan fingerprint density at radius 3 is 2.43 bits per heavy atom. The number of ether oxygens (including phenoxy) is 6. The van der Waals surface area contributed by atoms with E-state index < -0.39 is 74.3 Å². The first kappa shape index (κ1) is 31.2. The van der Waals surface area contributed by atoms with Gasteiger partial charge in [0.25, 0.3) is 0 Å². The molecule has 1 unspecified atom stereocenters. The van der Waals surface area contributed by atoms with Gasteiger partial charge in [-0.25, -0.2) is 0 Å². The van der Waals surface area contributed by atoms with Gasteiger partial charge in [0.15, 0.2) is 18.9 Å². The molecule has 5 rings (SSSR count). The lowest BCUT2D eigenvalue weighted by atomic mass is 9.96. The topological polar surface area (TPSA) is 186 Å². The number of carbonyl (C=O) groups is 1. The average Bonchev–Trinajstić information content (AvgIpc) is 2.99. The SMILES string of the molecule is CC(=O)Nc1cc(CO[C@@H]2O[C@H](CO)[C@@H](O[C@H]3O[C@@H]4COC(c5ccccc5)O[C@H]4[C@H](O)[C@H]3O)[C@H](O)[C@H]2O)ccc1Cl. The third kappa shape index (κ3) is 6.78. The van der Waals surface area contributed by atoms with Crippen LogP contribution in [0.1, 0.15) is 24.3 Å². The van der Waals surface area contributed by atoms with E-state index in [1.54, 1.807) is 18.2 Å². The Bertz CT molecular complexity index is 1200. The molecule has 42 heavy (non-hydrogen) atoms. The van der Waals surface area contributed by atoms with Crippen LogP contribution in [0.2, 0.25) is 5.02 Å². The van der Waals surface area contributed by atoms with Gasteiger partial charge >= 0.3 is 0 Å². The highest BCUT2D eigenvalue weighted by Gasteiger charge is 2.53. The van der Waals surface area contributed by atoms with Crippen molar-refractivity contribution in [3.63, 3.8) is 0 Å². The van der Waals surface area contributed by atoms with Crippen molar-refractivity contribution < 1.29 is 58.7 Å². The van der Waals surface area contributed by atoms with Crippen LogP contribution in [0.5, 0.6) is 0 Å². The number of benzene rings is 2. The molecule has 0 saturated carbocycles. The molecule has 0 aromatic heterocycles.